The third-order valence-electron chi connectivity index (χ3n) is 4.59. The zero-order chi connectivity index (χ0) is 18.0. The fourth-order valence-electron chi connectivity index (χ4n) is 3.29. The minimum absolute atomic E-state index is 0.270. The first kappa shape index (κ1) is 17.4. The van der Waals surface area contributed by atoms with E-state index in [1.807, 2.05) is 0 Å². The van der Waals surface area contributed by atoms with E-state index < -0.39 is 23.6 Å². The molecule has 0 aliphatic carbocycles. The number of aromatic hydroxyl groups is 1. The molecule has 25 heavy (non-hydrogen) atoms. The van der Waals surface area contributed by atoms with Crippen molar-refractivity contribution in [3.63, 3.8) is 0 Å². The summed E-state index contributed by atoms with van der Waals surface area (Å²) >= 11 is 0. The first-order valence-electron chi connectivity index (χ1n) is 8.19. The molecule has 132 valence electrons. The fourth-order valence-corrected chi connectivity index (χ4v) is 3.29. The van der Waals surface area contributed by atoms with Crippen LogP contribution >= 0.6 is 0 Å². The van der Waals surface area contributed by atoms with E-state index in [0.717, 1.165) is 12.5 Å². The summed E-state index contributed by atoms with van der Waals surface area (Å²) in [6, 6.07) is 9.02. The smallest absolute Gasteiger partial charge is 0.260 e. The predicted molar refractivity (Wildman–Crippen MR) is 88.1 cm³/mol. The van der Waals surface area contributed by atoms with Crippen LogP contribution in [0.15, 0.2) is 42.5 Å². The molecule has 2 atom stereocenters. The first-order valence-corrected chi connectivity index (χ1v) is 8.19. The Kier molecular flexibility index (Phi) is 4.99. The molecule has 6 heteroatoms. The Bertz CT molecular complexity index is 744. The van der Waals surface area contributed by atoms with Crippen LogP contribution in [-0.4, -0.2) is 33.6 Å². The average molecular weight is 347 g/mol. The average Bonchev–Trinajstić information content (AvgIpc) is 3.03. The summed E-state index contributed by atoms with van der Waals surface area (Å²) in [5.41, 5.74) is 0.222. The molecule has 3 rings (SSSR count). The second-order valence-electron chi connectivity index (χ2n) is 6.23. The van der Waals surface area contributed by atoms with Gasteiger partial charge in [-0.3, -0.25) is 4.79 Å². The van der Waals surface area contributed by atoms with Gasteiger partial charge in [0.25, 0.3) is 5.91 Å². The second kappa shape index (κ2) is 7.19. The molecule has 2 N–H and O–H groups in total. The number of halogens is 2. The van der Waals surface area contributed by atoms with Crippen LogP contribution in [0.25, 0.3) is 0 Å². The first-order chi connectivity index (χ1) is 12.0. The van der Waals surface area contributed by atoms with Gasteiger partial charge in [0.2, 0.25) is 0 Å². The largest absolute Gasteiger partial charge is 0.507 e. The molecule has 1 aliphatic heterocycles. The lowest BCUT2D eigenvalue weighted by molar-refractivity contribution is 0.0659. The van der Waals surface area contributed by atoms with Crippen LogP contribution in [0.1, 0.15) is 41.3 Å². The number of phenols is 1. The Balaban J connectivity index is 1.76. The van der Waals surface area contributed by atoms with Crippen molar-refractivity contribution in [1.82, 2.24) is 4.90 Å². The van der Waals surface area contributed by atoms with Gasteiger partial charge in [0.05, 0.1) is 6.10 Å². The van der Waals surface area contributed by atoms with Gasteiger partial charge >= 0.3 is 0 Å². The molecule has 1 aliphatic rings. The van der Waals surface area contributed by atoms with E-state index in [9.17, 15) is 23.8 Å². The molecular weight excluding hydrogens is 328 g/mol. The molecule has 0 aromatic heterocycles. The number of carbonyl (C=O) groups excluding carboxylic acids is 1. The van der Waals surface area contributed by atoms with Crippen LogP contribution in [0.5, 0.6) is 5.75 Å². The van der Waals surface area contributed by atoms with E-state index in [1.54, 1.807) is 0 Å². The molecule has 0 saturated carbocycles. The van der Waals surface area contributed by atoms with Crippen molar-refractivity contribution < 1.29 is 23.8 Å². The van der Waals surface area contributed by atoms with E-state index in [0.29, 0.717) is 18.5 Å². The molecular formula is C19H19F2NO3. The second-order valence-corrected chi connectivity index (χ2v) is 6.23. The van der Waals surface area contributed by atoms with Gasteiger partial charge in [0.1, 0.15) is 22.9 Å². The van der Waals surface area contributed by atoms with Crippen LogP contribution in [-0.2, 0) is 0 Å². The fraction of sp³-hybridized carbons (Fsp3) is 0.316. The van der Waals surface area contributed by atoms with Crippen LogP contribution in [0.3, 0.4) is 0 Å². The van der Waals surface area contributed by atoms with Crippen molar-refractivity contribution in [3.05, 3.63) is 65.2 Å². The monoisotopic (exact) mass is 347 g/mol. The maximum Gasteiger partial charge on any atom is 0.260 e. The molecule has 2 aromatic carbocycles. The highest BCUT2D eigenvalue weighted by molar-refractivity contribution is 5.97. The lowest BCUT2D eigenvalue weighted by atomic mass is 10.00. The van der Waals surface area contributed by atoms with Crippen LogP contribution in [0.2, 0.25) is 0 Å². The lowest BCUT2D eigenvalue weighted by Gasteiger charge is -2.27. The maximum absolute atomic E-state index is 14.0. The van der Waals surface area contributed by atoms with E-state index in [1.165, 1.54) is 41.3 Å². The Morgan fingerprint density at radius 1 is 1.20 bits per heavy atom. The third kappa shape index (κ3) is 3.64. The number of amides is 1. The van der Waals surface area contributed by atoms with Gasteiger partial charge in [-0.2, -0.15) is 0 Å². The Labute approximate surface area is 144 Å². The zero-order valence-corrected chi connectivity index (χ0v) is 13.5. The molecule has 1 fully saturated rings. The minimum Gasteiger partial charge on any atom is -0.507 e. The Hall–Kier alpha value is -2.47. The maximum atomic E-state index is 14.0. The summed E-state index contributed by atoms with van der Waals surface area (Å²) in [5.74, 6) is -2.13. The molecule has 1 amide bonds. The summed E-state index contributed by atoms with van der Waals surface area (Å²) in [5, 5.41) is 20.2. The summed E-state index contributed by atoms with van der Waals surface area (Å²) < 4.78 is 26.9. The van der Waals surface area contributed by atoms with E-state index >= 15 is 0 Å². The molecule has 2 aromatic rings. The number of phenolic OH excluding ortho intramolecular Hbond substituents is 1. The number of hydrogen-bond donors (Lipinski definition) is 2. The van der Waals surface area contributed by atoms with Crippen molar-refractivity contribution in [2.75, 3.05) is 6.54 Å². The number of nitrogens with zero attached hydrogens (tertiary/aromatic N) is 1. The summed E-state index contributed by atoms with van der Waals surface area (Å²) in [7, 11) is 0. The SMILES string of the molecule is O=C(c1c(O)cccc1F)N1CCC[C@H]1C[C@H](O)c1ccc(F)cc1. The van der Waals surface area contributed by atoms with Crippen molar-refractivity contribution in [3.8, 4) is 5.75 Å². The third-order valence-corrected chi connectivity index (χ3v) is 4.59. The predicted octanol–water partition coefficient (Wildman–Crippen LogP) is 3.40. The standard InChI is InChI=1S/C19H19F2NO3/c20-13-8-6-12(7-9-13)17(24)11-14-3-2-10-22(14)19(25)18-15(21)4-1-5-16(18)23/h1,4-9,14,17,23-24H,2-3,10-11H2/t14-,17-/m0/s1. The molecule has 0 bridgehead atoms. The normalized spacial score (nSPS) is 18.4. The number of benzene rings is 2. The summed E-state index contributed by atoms with van der Waals surface area (Å²) in [6.07, 6.45) is 0.835. The van der Waals surface area contributed by atoms with E-state index in [4.69, 9.17) is 0 Å². The van der Waals surface area contributed by atoms with Crippen LogP contribution in [0.4, 0.5) is 8.78 Å². The number of hydrogen-bond acceptors (Lipinski definition) is 3. The number of likely N-dealkylation sites (tertiary alicyclic amines) is 1. The molecule has 1 saturated heterocycles. The van der Waals surface area contributed by atoms with E-state index in [2.05, 4.69) is 0 Å². The van der Waals surface area contributed by atoms with Gasteiger partial charge < -0.3 is 15.1 Å². The van der Waals surface area contributed by atoms with Gasteiger partial charge in [0.15, 0.2) is 0 Å². The van der Waals surface area contributed by atoms with Gasteiger partial charge in [-0.15, -0.1) is 0 Å². The highest BCUT2D eigenvalue weighted by Gasteiger charge is 2.33. The molecule has 0 spiro atoms. The van der Waals surface area contributed by atoms with Crippen molar-refractivity contribution in [2.45, 2.75) is 31.4 Å². The van der Waals surface area contributed by atoms with Crippen LogP contribution in [0, 0.1) is 11.6 Å². The molecule has 0 radical (unpaired) electrons. The summed E-state index contributed by atoms with van der Waals surface area (Å²) in [4.78, 5) is 14.1. The van der Waals surface area contributed by atoms with Crippen LogP contribution < -0.4 is 0 Å². The van der Waals surface area contributed by atoms with Gasteiger partial charge in [-0.1, -0.05) is 18.2 Å². The number of aliphatic hydroxyl groups is 1. The lowest BCUT2D eigenvalue weighted by Crippen LogP contribution is -2.37. The van der Waals surface area contributed by atoms with Crippen molar-refractivity contribution in [2.24, 2.45) is 0 Å². The van der Waals surface area contributed by atoms with Crippen molar-refractivity contribution in [1.29, 1.82) is 0 Å². The zero-order valence-electron chi connectivity index (χ0n) is 13.5. The number of rotatable bonds is 4. The Morgan fingerprint density at radius 2 is 1.92 bits per heavy atom. The Morgan fingerprint density at radius 3 is 2.60 bits per heavy atom. The van der Waals surface area contributed by atoms with Gasteiger partial charge in [-0.25, -0.2) is 8.78 Å². The highest BCUT2D eigenvalue weighted by atomic mass is 19.1. The van der Waals surface area contributed by atoms with Gasteiger partial charge in [-0.05, 0) is 49.1 Å². The molecule has 0 unspecified atom stereocenters. The molecule has 4 nitrogen and oxygen atoms in total. The summed E-state index contributed by atoms with van der Waals surface area (Å²) in [6.45, 7) is 0.438. The van der Waals surface area contributed by atoms with E-state index in [-0.39, 0.29) is 23.8 Å². The highest BCUT2D eigenvalue weighted by Crippen LogP contribution is 2.31. The topological polar surface area (TPSA) is 60.8 Å². The quantitative estimate of drug-likeness (QED) is 0.891. The van der Waals surface area contributed by atoms with Crippen molar-refractivity contribution >= 4 is 5.91 Å². The minimum atomic E-state index is -0.854. The number of aliphatic hydroxyl groups excluding tert-OH is 1. The number of carbonyl (C=O) groups is 1. The molecule has 1 heterocycles. The van der Waals surface area contributed by atoms with Gasteiger partial charge in [0, 0.05) is 12.6 Å².